The lowest BCUT2D eigenvalue weighted by Crippen LogP contribution is -2.43. The van der Waals surface area contributed by atoms with Gasteiger partial charge in [0.1, 0.15) is 6.07 Å². The minimum Gasteiger partial charge on any atom is -0.481 e. The normalized spacial score (nSPS) is 18.9. The van der Waals surface area contributed by atoms with Crippen LogP contribution in [0.4, 0.5) is 5.69 Å². The molecule has 1 saturated heterocycles. The first-order valence-corrected chi connectivity index (χ1v) is 7.41. The first-order chi connectivity index (χ1) is 9.11. The van der Waals surface area contributed by atoms with Gasteiger partial charge in [-0.05, 0) is 18.2 Å². The molecule has 1 aromatic carbocycles. The molecule has 0 saturated carbocycles. The first-order valence-electron chi connectivity index (χ1n) is 5.87. The number of carboxylic acid groups (broad SMARTS) is 1. The van der Waals surface area contributed by atoms with Gasteiger partial charge in [0.2, 0.25) is 0 Å². The fraction of sp³-hybridized carbons (Fsp3) is 0.385. The molecule has 2 rings (SSSR count). The van der Waals surface area contributed by atoms with Crippen LogP contribution >= 0.6 is 23.4 Å². The van der Waals surface area contributed by atoms with E-state index in [-0.39, 0.29) is 12.5 Å². The van der Waals surface area contributed by atoms with E-state index in [9.17, 15) is 4.79 Å². The van der Waals surface area contributed by atoms with Crippen LogP contribution in [-0.4, -0.2) is 35.2 Å². The number of rotatable bonds is 3. The second-order valence-corrected chi connectivity index (χ2v) is 5.85. The predicted octanol–water partition coefficient (Wildman–Crippen LogP) is 2.61. The van der Waals surface area contributed by atoms with Crippen molar-refractivity contribution in [1.29, 1.82) is 5.26 Å². The molecule has 1 fully saturated rings. The molecule has 0 radical (unpaired) electrons. The molecule has 1 unspecified atom stereocenters. The molecule has 1 aliphatic heterocycles. The van der Waals surface area contributed by atoms with Crippen molar-refractivity contribution in [3.63, 3.8) is 0 Å². The van der Waals surface area contributed by atoms with Crippen LogP contribution in [0, 0.1) is 11.3 Å². The van der Waals surface area contributed by atoms with Crippen LogP contribution in [0.3, 0.4) is 0 Å². The average molecular weight is 297 g/mol. The standard InChI is InChI=1S/C13H13ClN2O2S/c14-12-5-10(2-1-9(12)7-15)16-3-4-19-8-11(16)6-13(17)18/h1-2,5,11H,3-4,6,8H2,(H,17,18). The van der Waals surface area contributed by atoms with Crippen LogP contribution in [-0.2, 0) is 4.79 Å². The first kappa shape index (κ1) is 14.0. The van der Waals surface area contributed by atoms with Gasteiger partial charge in [-0.3, -0.25) is 4.79 Å². The van der Waals surface area contributed by atoms with Gasteiger partial charge in [-0.25, -0.2) is 0 Å². The lowest BCUT2D eigenvalue weighted by Gasteiger charge is -2.36. The molecule has 0 amide bonds. The summed E-state index contributed by atoms with van der Waals surface area (Å²) in [6.45, 7) is 0.796. The number of anilines is 1. The number of benzene rings is 1. The minimum absolute atomic E-state index is 0.0275. The van der Waals surface area contributed by atoms with Gasteiger partial charge in [0, 0.05) is 29.8 Å². The van der Waals surface area contributed by atoms with Crippen molar-refractivity contribution in [2.45, 2.75) is 12.5 Å². The van der Waals surface area contributed by atoms with E-state index < -0.39 is 5.97 Å². The third kappa shape index (κ3) is 3.34. The van der Waals surface area contributed by atoms with E-state index in [1.165, 1.54) is 0 Å². The zero-order valence-corrected chi connectivity index (χ0v) is 11.7. The highest BCUT2D eigenvalue weighted by atomic mass is 35.5. The van der Waals surface area contributed by atoms with Crippen LogP contribution in [0.1, 0.15) is 12.0 Å². The summed E-state index contributed by atoms with van der Waals surface area (Å²) in [6.07, 6.45) is 0.116. The van der Waals surface area contributed by atoms with E-state index in [1.54, 1.807) is 23.9 Å². The molecule has 19 heavy (non-hydrogen) atoms. The van der Waals surface area contributed by atoms with Crippen molar-refractivity contribution in [1.82, 2.24) is 0 Å². The Labute approximate surface area is 121 Å². The second kappa shape index (κ2) is 6.18. The van der Waals surface area contributed by atoms with Crippen LogP contribution in [0.5, 0.6) is 0 Å². The van der Waals surface area contributed by atoms with E-state index in [1.807, 2.05) is 12.1 Å². The predicted molar refractivity (Wildman–Crippen MR) is 76.9 cm³/mol. The topological polar surface area (TPSA) is 64.3 Å². The largest absolute Gasteiger partial charge is 0.481 e. The van der Waals surface area contributed by atoms with Gasteiger partial charge in [-0.15, -0.1) is 0 Å². The van der Waals surface area contributed by atoms with Crippen molar-refractivity contribution < 1.29 is 9.90 Å². The third-order valence-electron chi connectivity index (χ3n) is 3.04. The van der Waals surface area contributed by atoms with Crippen molar-refractivity contribution >= 4 is 35.0 Å². The van der Waals surface area contributed by atoms with Crippen LogP contribution < -0.4 is 4.90 Å². The zero-order valence-electron chi connectivity index (χ0n) is 10.2. The maximum absolute atomic E-state index is 10.9. The molecule has 1 aliphatic rings. The highest BCUT2D eigenvalue weighted by molar-refractivity contribution is 7.99. The number of thioether (sulfide) groups is 1. The molecule has 0 bridgehead atoms. The second-order valence-electron chi connectivity index (χ2n) is 4.30. The Kier molecular flexibility index (Phi) is 4.56. The summed E-state index contributed by atoms with van der Waals surface area (Å²) < 4.78 is 0. The summed E-state index contributed by atoms with van der Waals surface area (Å²) in [6, 6.07) is 7.24. The number of hydrogen-bond donors (Lipinski definition) is 1. The van der Waals surface area contributed by atoms with Gasteiger partial charge in [-0.2, -0.15) is 17.0 Å². The molecule has 1 atom stereocenters. The highest BCUT2D eigenvalue weighted by Gasteiger charge is 2.25. The van der Waals surface area contributed by atoms with E-state index in [0.717, 1.165) is 23.7 Å². The highest BCUT2D eigenvalue weighted by Crippen LogP contribution is 2.29. The van der Waals surface area contributed by atoms with Crippen molar-refractivity contribution in [2.24, 2.45) is 0 Å². The quantitative estimate of drug-likeness (QED) is 0.929. The maximum atomic E-state index is 10.9. The number of nitrogens with zero attached hydrogens (tertiary/aromatic N) is 2. The Bertz CT molecular complexity index is 530. The summed E-state index contributed by atoms with van der Waals surface area (Å²) in [5.74, 6) is 0.967. The fourth-order valence-electron chi connectivity index (χ4n) is 2.14. The molecule has 4 nitrogen and oxygen atoms in total. The van der Waals surface area contributed by atoms with Crippen molar-refractivity contribution in [3.8, 4) is 6.07 Å². The van der Waals surface area contributed by atoms with Crippen molar-refractivity contribution in [3.05, 3.63) is 28.8 Å². The number of nitriles is 1. The SMILES string of the molecule is N#Cc1ccc(N2CCSCC2CC(=O)O)cc1Cl. The molecule has 1 heterocycles. The number of carbonyl (C=O) groups is 1. The van der Waals surface area contributed by atoms with E-state index in [0.29, 0.717) is 10.6 Å². The van der Waals surface area contributed by atoms with Gasteiger partial charge in [0.05, 0.1) is 17.0 Å². The molecular weight excluding hydrogens is 284 g/mol. The molecule has 1 aromatic rings. The summed E-state index contributed by atoms with van der Waals surface area (Å²) >= 11 is 7.80. The van der Waals surface area contributed by atoms with Gasteiger partial charge in [0.15, 0.2) is 0 Å². The Morgan fingerprint density at radius 2 is 2.42 bits per heavy atom. The Morgan fingerprint density at radius 3 is 3.05 bits per heavy atom. The van der Waals surface area contributed by atoms with Gasteiger partial charge in [-0.1, -0.05) is 11.6 Å². The maximum Gasteiger partial charge on any atom is 0.305 e. The molecule has 0 aromatic heterocycles. The Balaban J connectivity index is 2.25. The number of aliphatic carboxylic acids is 1. The summed E-state index contributed by atoms with van der Waals surface area (Å²) in [7, 11) is 0. The summed E-state index contributed by atoms with van der Waals surface area (Å²) in [4.78, 5) is 13.0. The zero-order chi connectivity index (χ0) is 13.8. The van der Waals surface area contributed by atoms with Crippen molar-refractivity contribution in [2.75, 3.05) is 23.0 Å². The van der Waals surface area contributed by atoms with Crippen LogP contribution in [0.2, 0.25) is 5.02 Å². The van der Waals surface area contributed by atoms with Crippen LogP contribution in [0.25, 0.3) is 0 Å². The summed E-state index contributed by atoms with van der Waals surface area (Å²) in [5, 5.41) is 18.2. The van der Waals surface area contributed by atoms with Gasteiger partial charge in [0.25, 0.3) is 0 Å². The van der Waals surface area contributed by atoms with E-state index in [4.69, 9.17) is 22.0 Å². The minimum atomic E-state index is -0.794. The third-order valence-corrected chi connectivity index (χ3v) is 4.45. The fourth-order valence-corrected chi connectivity index (χ4v) is 3.42. The Hall–Kier alpha value is -1.38. The number of halogens is 1. The lowest BCUT2D eigenvalue weighted by atomic mass is 10.1. The molecular formula is C13H13ClN2O2S. The Morgan fingerprint density at radius 1 is 1.63 bits per heavy atom. The molecule has 1 N–H and O–H groups in total. The van der Waals surface area contributed by atoms with Gasteiger partial charge < -0.3 is 10.0 Å². The smallest absolute Gasteiger partial charge is 0.305 e. The average Bonchev–Trinajstić information content (AvgIpc) is 2.38. The lowest BCUT2D eigenvalue weighted by molar-refractivity contribution is -0.137. The number of carboxylic acids is 1. The molecule has 0 aliphatic carbocycles. The van der Waals surface area contributed by atoms with E-state index >= 15 is 0 Å². The molecule has 100 valence electrons. The number of hydrogen-bond acceptors (Lipinski definition) is 4. The van der Waals surface area contributed by atoms with Crippen LogP contribution in [0.15, 0.2) is 18.2 Å². The summed E-state index contributed by atoms with van der Waals surface area (Å²) in [5.41, 5.74) is 1.32. The molecule has 0 spiro atoms. The van der Waals surface area contributed by atoms with E-state index in [2.05, 4.69) is 4.90 Å². The monoisotopic (exact) mass is 296 g/mol. The molecule has 6 heteroatoms. The van der Waals surface area contributed by atoms with Gasteiger partial charge >= 0.3 is 5.97 Å².